The summed E-state index contributed by atoms with van der Waals surface area (Å²) < 4.78 is 36.4. The number of hydrogen-bond donors (Lipinski definition) is 1. The molecule has 1 aliphatic heterocycles. The van der Waals surface area contributed by atoms with Gasteiger partial charge in [0.1, 0.15) is 5.82 Å². The highest BCUT2D eigenvalue weighted by Gasteiger charge is 2.39. The lowest BCUT2D eigenvalue weighted by Crippen LogP contribution is -2.46. The van der Waals surface area contributed by atoms with E-state index in [4.69, 9.17) is 0 Å². The van der Waals surface area contributed by atoms with Gasteiger partial charge in [-0.15, -0.1) is 0 Å². The van der Waals surface area contributed by atoms with E-state index in [1.807, 2.05) is 6.07 Å². The lowest BCUT2D eigenvalue weighted by atomic mass is 10.0. The number of carbonyl (C=O) groups is 1. The number of carbonyl (C=O) groups excluding carboxylic acids is 1. The number of nitrogens with zero attached hydrogens (tertiary/aromatic N) is 1. The molecule has 1 saturated heterocycles. The van der Waals surface area contributed by atoms with Crippen LogP contribution in [0.2, 0.25) is 0 Å². The van der Waals surface area contributed by atoms with E-state index >= 15 is 0 Å². The fourth-order valence-corrected chi connectivity index (χ4v) is 5.07. The summed E-state index contributed by atoms with van der Waals surface area (Å²) >= 11 is 0. The largest absolute Gasteiger partial charge is 0.346 e. The van der Waals surface area contributed by atoms with E-state index in [0.717, 1.165) is 11.3 Å². The molecule has 1 aromatic carbocycles. The molecule has 5 nitrogen and oxygen atoms in total. The quantitative estimate of drug-likeness (QED) is 0.904. The molecule has 0 bridgehead atoms. The van der Waals surface area contributed by atoms with Gasteiger partial charge in [0, 0.05) is 18.3 Å². The summed E-state index contributed by atoms with van der Waals surface area (Å²) in [6, 6.07) is 9.64. The molecule has 0 radical (unpaired) electrons. The fourth-order valence-electron chi connectivity index (χ4n) is 2.97. The Morgan fingerprint density at radius 1 is 1.32 bits per heavy atom. The molecule has 1 atom stereocenters. The predicted octanol–water partition coefficient (Wildman–Crippen LogP) is 2.12. The molecule has 0 aliphatic carbocycles. The summed E-state index contributed by atoms with van der Waals surface area (Å²) in [5.74, 6) is -0.594. The average Bonchev–Trinajstić information content (AvgIpc) is 2.81. The number of rotatable bonds is 4. The van der Waals surface area contributed by atoms with Crippen molar-refractivity contribution in [1.82, 2.24) is 10.3 Å². The van der Waals surface area contributed by atoms with Crippen LogP contribution in [0.4, 0.5) is 4.39 Å². The Balaban J connectivity index is 1.67. The second-order valence-electron chi connectivity index (χ2n) is 6.70. The number of nitrogens with one attached hydrogen (secondary N) is 1. The molecule has 2 aromatic rings. The van der Waals surface area contributed by atoms with Crippen molar-refractivity contribution in [2.24, 2.45) is 0 Å². The third-order valence-electron chi connectivity index (χ3n) is 4.28. The van der Waals surface area contributed by atoms with Gasteiger partial charge in [0.2, 0.25) is 0 Å². The van der Waals surface area contributed by atoms with Crippen molar-refractivity contribution in [3.63, 3.8) is 0 Å². The number of sulfone groups is 1. The van der Waals surface area contributed by atoms with E-state index in [2.05, 4.69) is 10.3 Å². The van der Waals surface area contributed by atoms with Gasteiger partial charge in [-0.05, 0) is 43.2 Å². The third kappa shape index (κ3) is 4.42. The maximum atomic E-state index is 13.2. The van der Waals surface area contributed by atoms with E-state index in [1.165, 1.54) is 18.3 Å². The van der Waals surface area contributed by atoms with Gasteiger partial charge >= 0.3 is 0 Å². The van der Waals surface area contributed by atoms with Crippen molar-refractivity contribution in [3.05, 3.63) is 65.2 Å². The van der Waals surface area contributed by atoms with Crippen molar-refractivity contribution in [1.29, 1.82) is 0 Å². The van der Waals surface area contributed by atoms with Gasteiger partial charge in [0.25, 0.3) is 5.91 Å². The Bertz CT molecular complexity index is 897. The van der Waals surface area contributed by atoms with E-state index in [9.17, 15) is 17.6 Å². The van der Waals surface area contributed by atoms with Crippen LogP contribution in [0.3, 0.4) is 0 Å². The molecule has 1 fully saturated rings. The summed E-state index contributed by atoms with van der Waals surface area (Å²) in [4.78, 5) is 16.6. The van der Waals surface area contributed by atoms with Crippen LogP contribution in [0.15, 0.2) is 42.6 Å². The van der Waals surface area contributed by atoms with Gasteiger partial charge in [0.05, 0.1) is 22.6 Å². The molecule has 25 heavy (non-hydrogen) atoms. The van der Waals surface area contributed by atoms with E-state index in [-0.39, 0.29) is 23.2 Å². The standard InChI is InChI=1S/C18H19FN2O3S/c1-18(7-8-25(23,24)12-18)21-17(22)14-5-6-16(20-11-14)10-13-3-2-4-15(19)9-13/h2-6,9,11H,7-8,10,12H2,1H3,(H,21,22). The van der Waals surface area contributed by atoms with Crippen LogP contribution in [-0.2, 0) is 16.3 Å². The first kappa shape index (κ1) is 17.5. The molecular formula is C18H19FN2O3S. The monoisotopic (exact) mass is 362 g/mol. The molecule has 1 aliphatic rings. The maximum absolute atomic E-state index is 13.2. The Kier molecular flexibility index (Phi) is 4.60. The first-order chi connectivity index (χ1) is 11.7. The Hall–Kier alpha value is -2.28. The van der Waals surface area contributed by atoms with Gasteiger partial charge in [-0.25, -0.2) is 12.8 Å². The minimum absolute atomic E-state index is 0.0448. The SMILES string of the molecule is CC1(NC(=O)c2ccc(Cc3cccc(F)c3)nc2)CCS(=O)(=O)C1. The zero-order valence-corrected chi connectivity index (χ0v) is 14.6. The minimum Gasteiger partial charge on any atom is -0.346 e. The van der Waals surface area contributed by atoms with Crippen molar-refractivity contribution < 1.29 is 17.6 Å². The first-order valence-corrected chi connectivity index (χ1v) is 9.79. The van der Waals surface area contributed by atoms with Crippen LogP contribution < -0.4 is 5.32 Å². The van der Waals surface area contributed by atoms with E-state index in [1.54, 1.807) is 25.1 Å². The highest BCUT2D eigenvalue weighted by molar-refractivity contribution is 7.91. The number of amides is 1. The molecule has 1 aromatic heterocycles. The molecule has 1 amide bonds. The summed E-state index contributed by atoms with van der Waals surface area (Å²) in [7, 11) is -3.09. The van der Waals surface area contributed by atoms with Gasteiger partial charge < -0.3 is 5.32 Å². The first-order valence-electron chi connectivity index (χ1n) is 7.97. The smallest absolute Gasteiger partial charge is 0.253 e. The van der Waals surface area contributed by atoms with Crippen LogP contribution in [0.1, 0.15) is 35.0 Å². The summed E-state index contributed by atoms with van der Waals surface area (Å²) in [6.07, 6.45) is 2.33. The fraction of sp³-hybridized carbons (Fsp3) is 0.333. The van der Waals surface area contributed by atoms with Crippen LogP contribution in [0.5, 0.6) is 0 Å². The zero-order chi connectivity index (χ0) is 18.1. The Morgan fingerprint density at radius 2 is 2.12 bits per heavy atom. The topological polar surface area (TPSA) is 76.1 Å². The molecule has 0 spiro atoms. The molecule has 3 rings (SSSR count). The molecule has 7 heteroatoms. The lowest BCUT2D eigenvalue weighted by molar-refractivity contribution is 0.0915. The van der Waals surface area contributed by atoms with E-state index in [0.29, 0.717) is 18.4 Å². The van der Waals surface area contributed by atoms with Crippen molar-refractivity contribution in [3.8, 4) is 0 Å². The maximum Gasteiger partial charge on any atom is 0.253 e. The third-order valence-corrected chi connectivity index (χ3v) is 6.18. The second-order valence-corrected chi connectivity index (χ2v) is 8.89. The molecule has 2 heterocycles. The van der Waals surface area contributed by atoms with Gasteiger partial charge in [-0.2, -0.15) is 0 Å². The van der Waals surface area contributed by atoms with Crippen molar-refractivity contribution in [2.75, 3.05) is 11.5 Å². The Labute approximate surface area is 146 Å². The molecular weight excluding hydrogens is 343 g/mol. The summed E-state index contributed by atoms with van der Waals surface area (Å²) in [6.45, 7) is 1.74. The van der Waals surface area contributed by atoms with Crippen LogP contribution in [0, 0.1) is 5.82 Å². The van der Waals surface area contributed by atoms with Crippen LogP contribution in [-0.4, -0.2) is 36.4 Å². The highest BCUT2D eigenvalue weighted by Crippen LogP contribution is 2.23. The number of aromatic nitrogens is 1. The minimum atomic E-state index is -3.09. The van der Waals surface area contributed by atoms with Gasteiger partial charge in [0.15, 0.2) is 9.84 Å². The van der Waals surface area contributed by atoms with E-state index < -0.39 is 15.4 Å². The normalized spacial score (nSPS) is 21.8. The molecule has 1 N–H and O–H groups in total. The number of hydrogen-bond acceptors (Lipinski definition) is 4. The predicted molar refractivity (Wildman–Crippen MR) is 92.6 cm³/mol. The molecule has 132 valence electrons. The highest BCUT2D eigenvalue weighted by atomic mass is 32.2. The Morgan fingerprint density at radius 3 is 2.72 bits per heavy atom. The van der Waals surface area contributed by atoms with Gasteiger partial charge in [-0.1, -0.05) is 12.1 Å². The summed E-state index contributed by atoms with van der Waals surface area (Å²) in [5.41, 5.74) is 1.15. The number of halogens is 1. The van der Waals surface area contributed by atoms with Gasteiger partial charge in [-0.3, -0.25) is 9.78 Å². The number of pyridine rings is 1. The lowest BCUT2D eigenvalue weighted by Gasteiger charge is -2.23. The summed E-state index contributed by atoms with van der Waals surface area (Å²) in [5, 5.41) is 2.80. The van der Waals surface area contributed by atoms with Crippen molar-refractivity contribution >= 4 is 15.7 Å². The average molecular weight is 362 g/mol. The van der Waals surface area contributed by atoms with Crippen LogP contribution >= 0.6 is 0 Å². The molecule has 0 saturated carbocycles. The van der Waals surface area contributed by atoms with Crippen molar-refractivity contribution in [2.45, 2.75) is 25.3 Å². The van der Waals surface area contributed by atoms with Crippen LogP contribution in [0.25, 0.3) is 0 Å². The number of benzene rings is 1. The zero-order valence-electron chi connectivity index (χ0n) is 13.8. The second kappa shape index (κ2) is 6.55. The molecule has 1 unspecified atom stereocenters.